The topological polar surface area (TPSA) is 21.1 Å². The standard InChI is InChI=1S/C23H28ClN3/c24-20-10-7-9-19(17-20)18-27-22-12-4-3-11-21(22)25-23(27)13-8-16-26-14-5-1-2-6-15-26/h3-4,7,9-12,17H,1-2,5-6,8,13-16,18H2. The van der Waals surface area contributed by atoms with Crippen LogP contribution in [-0.4, -0.2) is 34.1 Å². The molecule has 2 aromatic carbocycles. The molecule has 4 rings (SSSR count). The van der Waals surface area contributed by atoms with E-state index < -0.39 is 0 Å². The molecule has 0 bridgehead atoms. The number of halogens is 1. The summed E-state index contributed by atoms with van der Waals surface area (Å²) in [5.74, 6) is 1.19. The van der Waals surface area contributed by atoms with Crippen LogP contribution in [0.2, 0.25) is 5.02 Å². The summed E-state index contributed by atoms with van der Waals surface area (Å²) in [6, 6.07) is 16.6. The van der Waals surface area contributed by atoms with E-state index in [1.54, 1.807) is 0 Å². The lowest BCUT2D eigenvalue weighted by molar-refractivity contribution is 0.280. The Morgan fingerprint density at radius 3 is 2.56 bits per heavy atom. The number of aryl methyl sites for hydroxylation is 1. The SMILES string of the molecule is Clc1cccc(Cn2c(CCCN3CCCCCC3)nc3ccccc32)c1. The minimum absolute atomic E-state index is 0.791. The second-order valence-electron chi connectivity index (χ2n) is 7.59. The van der Waals surface area contributed by atoms with Crippen molar-refractivity contribution in [1.82, 2.24) is 14.5 Å². The van der Waals surface area contributed by atoms with Gasteiger partial charge in [0.2, 0.25) is 0 Å². The smallest absolute Gasteiger partial charge is 0.110 e. The van der Waals surface area contributed by atoms with E-state index in [1.807, 2.05) is 12.1 Å². The van der Waals surface area contributed by atoms with E-state index >= 15 is 0 Å². The van der Waals surface area contributed by atoms with Crippen molar-refractivity contribution in [3.8, 4) is 0 Å². The highest BCUT2D eigenvalue weighted by Gasteiger charge is 2.13. The Morgan fingerprint density at radius 1 is 0.926 bits per heavy atom. The van der Waals surface area contributed by atoms with E-state index in [1.165, 1.54) is 68.6 Å². The van der Waals surface area contributed by atoms with E-state index in [2.05, 4.69) is 45.9 Å². The number of fused-ring (bicyclic) bond motifs is 1. The molecule has 0 N–H and O–H groups in total. The molecule has 1 saturated heterocycles. The summed E-state index contributed by atoms with van der Waals surface area (Å²) in [5.41, 5.74) is 3.52. The molecule has 142 valence electrons. The monoisotopic (exact) mass is 381 g/mol. The molecule has 3 aromatic rings. The van der Waals surface area contributed by atoms with Gasteiger partial charge in [-0.25, -0.2) is 4.98 Å². The summed E-state index contributed by atoms with van der Waals surface area (Å²) in [6.45, 7) is 4.53. The van der Waals surface area contributed by atoms with Crippen LogP contribution in [0.5, 0.6) is 0 Å². The van der Waals surface area contributed by atoms with Crippen molar-refractivity contribution in [2.24, 2.45) is 0 Å². The molecule has 4 heteroatoms. The molecule has 0 unspecified atom stereocenters. The third kappa shape index (κ3) is 4.72. The second kappa shape index (κ2) is 8.90. The number of benzene rings is 2. The van der Waals surface area contributed by atoms with Crippen molar-refractivity contribution >= 4 is 22.6 Å². The van der Waals surface area contributed by atoms with Gasteiger partial charge in [0.25, 0.3) is 0 Å². The van der Waals surface area contributed by atoms with Crippen LogP contribution in [0.1, 0.15) is 43.5 Å². The molecule has 1 aliphatic heterocycles. The van der Waals surface area contributed by atoms with Gasteiger partial charge < -0.3 is 9.47 Å². The van der Waals surface area contributed by atoms with Gasteiger partial charge >= 0.3 is 0 Å². The van der Waals surface area contributed by atoms with Crippen LogP contribution in [0, 0.1) is 0 Å². The van der Waals surface area contributed by atoms with E-state index in [0.29, 0.717) is 0 Å². The zero-order chi connectivity index (χ0) is 18.5. The number of imidazole rings is 1. The minimum Gasteiger partial charge on any atom is -0.323 e. The number of hydrogen-bond donors (Lipinski definition) is 0. The maximum atomic E-state index is 6.20. The normalized spacial score (nSPS) is 15.9. The summed E-state index contributed by atoms with van der Waals surface area (Å²) >= 11 is 6.20. The largest absolute Gasteiger partial charge is 0.323 e. The highest BCUT2D eigenvalue weighted by molar-refractivity contribution is 6.30. The van der Waals surface area contributed by atoms with Crippen molar-refractivity contribution in [3.05, 3.63) is 64.9 Å². The number of para-hydroxylation sites is 2. The van der Waals surface area contributed by atoms with Crippen molar-refractivity contribution in [1.29, 1.82) is 0 Å². The molecule has 3 nitrogen and oxygen atoms in total. The molecule has 0 atom stereocenters. The number of rotatable bonds is 6. The number of likely N-dealkylation sites (tertiary alicyclic amines) is 1. The third-order valence-electron chi connectivity index (χ3n) is 5.54. The molecule has 2 heterocycles. The van der Waals surface area contributed by atoms with Gasteiger partial charge in [-0.15, -0.1) is 0 Å². The first-order valence-corrected chi connectivity index (χ1v) is 10.6. The number of aromatic nitrogens is 2. The summed E-state index contributed by atoms with van der Waals surface area (Å²) in [4.78, 5) is 7.58. The molecule has 27 heavy (non-hydrogen) atoms. The van der Waals surface area contributed by atoms with Crippen LogP contribution in [0.3, 0.4) is 0 Å². The maximum Gasteiger partial charge on any atom is 0.110 e. The average molecular weight is 382 g/mol. The fraction of sp³-hybridized carbons (Fsp3) is 0.435. The molecular formula is C23H28ClN3. The van der Waals surface area contributed by atoms with Gasteiger partial charge in [-0.05, 0) is 68.7 Å². The van der Waals surface area contributed by atoms with Crippen LogP contribution in [-0.2, 0) is 13.0 Å². The van der Waals surface area contributed by atoms with Crippen molar-refractivity contribution in [2.45, 2.75) is 45.1 Å². The summed E-state index contributed by atoms with van der Waals surface area (Å²) < 4.78 is 2.36. The van der Waals surface area contributed by atoms with Crippen LogP contribution in [0.4, 0.5) is 0 Å². The average Bonchev–Trinajstić information content (AvgIpc) is 2.83. The zero-order valence-electron chi connectivity index (χ0n) is 15.9. The molecule has 1 aliphatic rings. The van der Waals surface area contributed by atoms with Crippen LogP contribution < -0.4 is 0 Å². The fourth-order valence-corrected chi connectivity index (χ4v) is 4.34. The lowest BCUT2D eigenvalue weighted by Crippen LogP contribution is -2.26. The fourth-order valence-electron chi connectivity index (χ4n) is 4.13. The molecular weight excluding hydrogens is 354 g/mol. The Kier molecular flexibility index (Phi) is 6.10. The molecule has 1 fully saturated rings. The first kappa shape index (κ1) is 18.5. The lowest BCUT2D eigenvalue weighted by Gasteiger charge is -2.19. The second-order valence-corrected chi connectivity index (χ2v) is 8.03. The van der Waals surface area contributed by atoms with E-state index in [-0.39, 0.29) is 0 Å². The highest BCUT2D eigenvalue weighted by Crippen LogP contribution is 2.21. The Labute approximate surface area is 167 Å². The summed E-state index contributed by atoms with van der Waals surface area (Å²) in [7, 11) is 0. The zero-order valence-corrected chi connectivity index (χ0v) is 16.7. The Balaban J connectivity index is 1.51. The van der Waals surface area contributed by atoms with Crippen molar-refractivity contribution < 1.29 is 0 Å². The quantitative estimate of drug-likeness (QED) is 0.558. The Hall–Kier alpha value is -1.84. The van der Waals surface area contributed by atoms with Crippen molar-refractivity contribution in [2.75, 3.05) is 19.6 Å². The van der Waals surface area contributed by atoms with Crippen LogP contribution in [0.25, 0.3) is 11.0 Å². The van der Waals surface area contributed by atoms with Gasteiger partial charge in [0.15, 0.2) is 0 Å². The highest BCUT2D eigenvalue weighted by atomic mass is 35.5. The van der Waals surface area contributed by atoms with Gasteiger partial charge in [0.1, 0.15) is 5.82 Å². The van der Waals surface area contributed by atoms with Gasteiger partial charge in [-0.3, -0.25) is 0 Å². The molecule has 0 radical (unpaired) electrons. The van der Waals surface area contributed by atoms with Gasteiger partial charge in [0.05, 0.1) is 11.0 Å². The first-order valence-electron chi connectivity index (χ1n) is 10.2. The summed E-state index contributed by atoms with van der Waals surface area (Å²) in [5, 5.41) is 0.791. The minimum atomic E-state index is 0.791. The Morgan fingerprint density at radius 2 is 1.74 bits per heavy atom. The van der Waals surface area contributed by atoms with E-state index in [4.69, 9.17) is 16.6 Å². The van der Waals surface area contributed by atoms with Gasteiger partial charge in [-0.1, -0.05) is 48.7 Å². The number of nitrogens with zero attached hydrogens (tertiary/aromatic N) is 3. The van der Waals surface area contributed by atoms with E-state index in [0.717, 1.165) is 23.5 Å². The molecule has 0 amide bonds. The first-order chi connectivity index (χ1) is 13.3. The predicted molar refractivity (Wildman–Crippen MR) is 114 cm³/mol. The van der Waals surface area contributed by atoms with Gasteiger partial charge in [-0.2, -0.15) is 0 Å². The molecule has 0 aliphatic carbocycles. The number of hydrogen-bond acceptors (Lipinski definition) is 2. The lowest BCUT2D eigenvalue weighted by atomic mass is 10.2. The van der Waals surface area contributed by atoms with E-state index in [9.17, 15) is 0 Å². The summed E-state index contributed by atoms with van der Waals surface area (Å²) in [6.07, 6.45) is 7.68. The maximum absolute atomic E-state index is 6.20. The molecule has 0 saturated carbocycles. The van der Waals surface area contributed by atoms with Crippen LogP contribution >= 0.6 is 11.6 Å². The predicted octanol–water partition coefficient (Wildman–Crippen LogP) is 5.55. The Bertz CT molecular complexity index is 878. The third-order valence-corrected chi connectivity index (χ3v) is 5.77. The molecule has 0 spiro atoms. The van der Waals surface area contributed by atoms with Gasteiger partial charge in [0, 0.05) is 18.0 Å². The van der Waals surface area contributed by atoms with Crippen molar-refractivity contribution in [3.63, 3.8) is 0 Å². The molecule has 1 aromatic heterocycles. The van der Waals surface area contributed by atoms with Crippen LogP contribution in [0.15, 0.2) is 48.5 Å².